The zero-order valence-electron chi connectivity index (χ0n) is 20.5. The van der Waals surface area contributed by atoms with Crippen molar-refractivity contribution < 1.29 is 17.9 Å². The number of nitrogens with zero attached hydrogens (tertiary/aromatic N) is 1. The summed E-state index contributed by atoms with van der Waals surface area (Å²) in [6, 6.07) is 26.9. The molecule has 2 N–H and O–H groups in total. The lowest BCUT2D eigenvalue weighted by molar-refractivity contribution is 0.257. The van der Waals surface area contributed by atoms with Gasteiger partial charge >= 0.3 is 6.03 Å². The molecule has 7 nitrogen and oxygen atoms in total. The molecule has 0 saturated carbocycles. The molecule has 0 unspecified atom stereocenters. The molecule has 4 aromatic carbocycles. The number of urea groups is 1. The number of amides is 2. The minimum Gasteiger partial charge on any atom is -0.457 e. The maximum Gasteiger partial charge on any atom is 0.326 e. The van der Waals surface area contributed by atoms with E-state index in [1.54, 1.807) is 48.5 Å². The van der Waals surface area contributed by atoms with E-state index in [9.17, 15) is 13.2 Å². The van der Waals surface area contributed by atoms with Crippen molar-refractivity contribution in [1.29, 1.82) is 0 Å². The molecule has 0 saturated heterocycles. The third kappa shape index (κ3) is 8.11. The van der Waals surface area contributed by atoms with Gasteiger partial charge in [-0.25, -0.2) is 17.9 Å². The summed E-state index contributed by atoms with van der Waals surface area (Å²) in [5, 5.41) is 3.71. The Morgan fingerprint density at radius 1 is 0.795 bits per heavy atom. The topological polar surface area (TPSA) is 87.7 Å². The molecule has 0 spiro atoms. The molecule has 39 heavy (non-hydrogen) atoms. The van der Waals surface area contributed by atoms with Gasteiger partial charge < -0.3 is 10.1 Å². The number of sulfonamides is 1. The molecular formula is C28H24Cl3N3O4S. The van der Waals surface area contributed by atoms with E-state index in [1.165, 1.54) is 23.1 Å². The fourth-order valence-electron chi connectivity index (χ4n) is 3.60. The Kier molecular flexibility index (Phi) is 9.72. The van der Waals surface area contributed by atoms with Gasteiger partial charge in [0.1, 0.15) is 16.4 Å². The third-order valence-corrected chi connectivity index (χ3v) is 7.93. The van der Waals surface area contributed by atoms with Crippen molar-refractivity contribution >= 4 is 62.2 Å². The first-order valence-electron chi connectivity index (χ1n) is 11.8. The minimum absolute atomic E-state index is 0.0606. The Morgan fingerprint density at radius 2 is 1.44 bits per heavy atom. The van der Waals surface area contributed by atoms with Crippen molar-refractivity contribution in [2.24, 2.45) is 0 Å². The number of halogens is 3. The Morgan fingerprint density at radius 3 is 2.13 bits per heavy atom. The largest absolute Gasteiger partial charge is 0.457 e. The molecule has 0 fully saturated rings. The van der Waals surface area contributed by atoms with Gasteiger partial charge in [0.2, 0.25) is 10.0 Å². The molecule has 0 heterocycles. The molecule has 11 heteroatoms. The molecule has 4 aromatic rings. The second kappa shape index (κ2) is 13.2. The first-order chi connectivity index (χ1) is 18.7. The number of hydrogen-bond donors (Lipinski definition) is 2. The highest BCUT2D eigenvalue weighted by atomic mass is 35.5. The van der Waals surface area contributed by atoms with Crippen molar-refractivity contribution in [3.8, 4) is 11.5 Å². The Labute approximate surface area is 242 Å². The number of ether oxygens (including phenoxy) is 1. The SMILES string of the molecule is O=C(Nc1ccc(Cl)cc1)N(CCCNS(=O)(=O)c1cc(Cl)ccc1Cl)c1ccc(Oc2ccccc2)cc1. The number of benzene rings is 4. The predicted molar refractivity (Wildman–Crippen MR) is 157 cm³/mol. The number of anilines is 2. The standard InChI is InChI=1S/C28H24Cl3N3O4S/c29-20-7-10-22(11-8-20)33-28(35)34(23-12-14-25(15-13-23)38-24-5-2-1-3-6-24)18-4-17-32-39(36,37)27-19-21(30)9-16-26(27)31/h1-3,5-16,19,32H,4,17-18H2,(H,33,35). The van der Waals surface area contributed by atoms with Crippen LogP contribution in [0.25, 0.3) is 0 Å². The Bertz CT molecular complexity index is 1520. The van der Waals surface area contributed by atoms with Gasteiger partial charge in [0, 0.05) is 34.5 Å². The molecule has 4 rings (SSSR count). The van der Waals surface area contributed by atoms with Crippen molar-refractivity contribution in [1.82, 2.24) is 4.72 Å². The van der Waals surface area contributed by atoms with Gasteiger partial charge in [-0.2, -0.15) is 0 Å². The monoisotopic (exact) mass is 603 g/mol. The van der Waals surface area contributed by atoms with E-state index >= 15 is 0 Å². The van der Waals surface area contributed by atoms with E-state index in [2.05, 4.69) is 10.0 Å². The zero-order valence-corrected chi connectivity index (χ0v) is 23.6. The summed E-state index contributed by atoms with van der Waals surface area (Å²) in [5.74, 6) is 1.30. The van der Waals surface area contributed by atoms with Crippen molar-refractivity contribution in [3.05, 3.63) is 112 Å². The summed E-state index contributed by atoms with van der Waals surface area (Å²) >= 11 is 18.0. The van der Waals surface area contributed by atoms with Crippen LogP contribution in [-0.4, -0.2) is 27.5 Å². The average molecular weight is 605 g/mol. The lowest BCUT2D eigenvalue weighted by Gasteiger charge is -2.24. The summed E-state index contributed by atoms with van der Waals surface area (Å²) in [5.41, 5.74) is 1.16. The summed E-state index contributed by atoms with van der Waals surface area (Å²) in [4.78, 5) is 14.7. The second-order valence-corrected chi connectivity index (χ2v) is 11.3. The van der Waals surface area contributed by atoms with Crippen LogP contribution in [0.5, 0.6) is 11.5 Å². The molecule has 0 aliphatic carbocycles. The second-order valence-electron chi connectivity index (χ2n) is 8.32. The number of carbonyl (C=O) groups excluding carboxylic acids is 1. The van der Waals surface area contributed by atoms with Gasteiger partial charge in [-0.1, -0.05) is 53.0 Å². The van der Waals surface area contributed by atoms with Gasteiger partial charge in [-0.15, -0.1) is 0 Å². The first kappa shape index (κ1) is 28.7. The van der Waals surface area contributed by atoms with E-state index < -0.39 is 16.1 Å². The van der Waals surface area contributed by atoms with Crippen LogP contribution in [0.15, 0.2) is 102 Å². The fourth-order valence-corrected chi connectivity index (χ4v) is 5.56. The zero-order chi connectivity index (χ0) is 27.8. The molecule has 202 valence electrons. The van der Waals surface area contributed by atoms with Crippen molar-refractivity contribution in [2.75, 3.05) is 23.3 Å². The van der Waals surface area contributed by atoms with Crippen LogP contribution in [0.3, 0.4) is 0 Å². The van der Waals surface area contributed by atoms with Crippen LogP contribution in [-0.2, 0) is 10.0 Å². The first-order valence-corrected chi connectivity index (χ1v) is 14.4. The number of carbonyl (C=O) groups is 1. The quantitative estimate of drug-likeness (QED) is 0.181. The van der Waals surface area contributed by atoms with E-state index in [0.29, 0.717) is 34.3 Å². The maximum absolute atomic E-state index is 13.2. The smallest absolute Gasteiger partial charge is 0.326 e. The van der Waals surface area contributed by atoms with Gasteiger partial charge in [-0.05, 0) is 85.3 Å². The third-order valence-electron chi connectivity index (χ3n) is 5.50. The van der Waals surface area contributed by atoms with Crippen LogP contribution in [0.4, 0.5) is 16.2 Å². The van der Waals surface area contributed by atoms with Gasteiger partial charge in [0.25, 0.3) is 0 Å². The molecule has 0 radical (unpaired) electrons. The van der Waals surface area contributed by atoms with Crippen LogP contribution in [0.1, 0.15) is 6.42 Å². The van der Waals surface area contributed by atoms with Gasteiger partial charge in [-0.3, -0.25) is 4.90 Å². The van der Waals surface area contributed by atoms with Crippen LogP contribution in [0, 0.1) is 0 Å². The lowest BCUT2D eigenvalue weighted by Crippen LogP contribution is -2.37. The minimum atomic E-state index is -3.90. The molecule has 0 aliphatic heterocycles. The lowest BCUT2D eigenvalue weighted by atomic mass is 10.2. The van der Waals surface area contributed by atoms with Crippen molar-refractivity contribution in [2.45, 2.75) is 11.3 Å². The highest BCUT2D eigenvalue weighted by Crippen LogP contribution is 2.26. The van der Waals surface area contributed by atoms with Gasteiger partial charge in [0.05, 0.1) is 5.02 Å². The summed E-state index contributed by atoms with van der Waals surface area (Å²) in [6.45, 7) is 0.273. The van der Waals surface area contributed by atoms with E-state index in [-0.39, 0.29) is 28.0 Å². The summed E-state index contributed by atoms with van der Waals surface area (Å²) in [6.07, 6.45) is 0.313. The molecule has 2 amide bonds. The molecule has 0 bridgehead atoms. The van der Waals surface area contributed by atoms with Crippen LogP contribution < -0.4 is 19.7 Å². The summed E-state index contributed by atoms with van der Waals surface area (Å²) in [7, 11) is -3.90. The number of para-hydroxylation sites is 1. The van der Waals surface area contributed by atoms with E-state index in [0.717, 1.165) is 0 Å². The van der Waals surface area contributed by atoms with Crippen LogP contribution >= 0.6 is 34.8 Å². The average Bonchev–Trinajstić information content (AvgIpc) is 2.92. The Balaban J connectivity index is 1.46. The molecular weight excluding hydrogens is 581 g/mol. The van der Waals surface area contributed by atoms with Crippen molar-refractivity contribution in [3.63, 3.8) is 0 Å². The molecule has 0 aromatic heterocycles. The normalized spacial score (nSPS) is 11.2. The predicted octanol–water partition coefficient (Wildman–Crippen LogP) is 7.85. The van der Waals surface area contributed by atoms with E-state index in [4.69, 9.17) is 39.5 Å². The number of hydrogen-bond acceptors (Lipinski definition) is 4. The molecule has 0 aliphatic rings. The van der Waals surface area contributed by atoms with Gasteiger partial charge in [0.15, 0.2) is 0 Å². The Hall–Kier alpha value is -3.27. The highest BCUT2D eigenvalue weighted by Gasteiger charge is 2.20. The van der Waals surface area contributed by atoms with E-state index in [1.807, 2.05) is 30.3 Å². The number of rotatable bonds is 10. The highest BCUT2D eigenvalue weighted by molar-refractivity contribution is 7.89. The fraction of sp³-hybridized carbons (Fsp3) is 0.107. The van der Waals surface area contributed by atoms with Crippen LogP contribution in [0.2, 0.25) is 15.1 Å². The number of nitrogens with one attached hydrogen (secondary N) is 2. The molecule has 0 atom stereocenters. The maximum atomic E-state index is 13.2. The summed E-state index contributed by atoms with van der Waals surface area (Å²) < 4.78 is 33.8.